The molecule has 0 amide bonds. The van der Waals surface area contributed by atoms with E-state index in [1.54, 1.807) is 12.4 Å². The van der Waals surface area contributed by atoms with Crippen LogP contribution in [0.15, 0.2) is 24.5 Å². The second kappa shape index (κ2) is 5.12. The number of hydrogen-bond donors (Lipinski definition) is 1. The topological polar surface area (TPSA) is 91.0 Å². The maximum atomic E-state index is 10.8. The van der Waals surface area contributed by atoms with Crippen molar-refractivity contribution in [2.24, 2.45) is 0 Å². The lowest BCUT2D eigenvalue weighted by Crippen LogP contribution is -2.37. The van der Waals surface area contributed by atoms with Gasteiger partial charge in [-0.15, -0.1) is 0 Å². The Balaban J connectivity index is 2.22. The van der Waals surface area contributed by atoms with Crippen molar-refractivity contribution in [2.75, 3.05) is 5.73 Å². The molecule has 2 aromatic heterocycles. The van der Waals surface area contributed by atoms with Crippen LogP contribution in [0.25, 0.3) is 11.1 Å². The number of rotatable bonds is 4. The number of aromatic nitrogens is 3. The molecule has 1 unspecified atom stereocenters. The number of nitrogens with two attached hydrogens (primary N) is 1. The molecular formula is C15H16N4O2. The molecule has 0 bridgehead atoms. The minimum Gasteiger partial charge on any atom is -0.464 e. The first-order valence-corrected chi connectivity index (χ1v) is 6.91. The summed E-state index contributed by atoms with van der Waals surface area (Å²) in [6, 6.07) is 3.76. The molecule has 0 aromatic carbocycles. The summed E-state index contributed by atoms with van der Waals surface area (Å²) in [5.41, 5.74) is 7.51. The van der Waals surface area contributed by atoms with E-state index in [1.807, 2.05) is 19.1 Å². The molecule has 1 atom stereocenters. The maximum Gasteiger partial charge on any atom is 0.222 e. The first-order chi connectivity index (χ1) is 10.2. The average Bonchev–Trinajstić information content (AvgIpc) is 2.52. The number of fused-ring (bicyclic) bond motifs is 3. The molecule has 6 nitrogen and oxygen atoms in total. The van der Waals surface area contributed by atoms with Crippen molar-refractivity contribution >= 4 is 12.2 Å². The van der Waals surface area contributed by atoms with Gasteiger partial charge in [-0.3, -0.25) is 0 Å². The molecule has 2 aromatic rings. The van der Waals surface area contributed by atoms with Gasteiger partial charge in [0.25, 0.3) is 0 Å². The van der Waals surface area contributed by atoms with Gasteiger partial charge in [-0.25, -0.2) is 15.0 Å². The van der Waals surface area contributed by atoms with E-state index in [1.165, 1.54) is 0 Å². The van der Waals surface area contributed by atoms with Crippen molar-refractivity contribution in [1.29, 1.82) is 0 Å². The highest BCUT2D eigenvalue weighted by Gasteiger charge is 2.41. The summed E-state index contributed by atoms with van der Waals surface area (Å²) in [5, 5.41) is 0. The minimum atomic E-state index is -0.686. The molecule has 1 aliphatic heterocycles. The highest BCUT2D eigenvalue weighted by molar-refractivity contribution is 5.73. The third-order valence-electron chi connectivity index (χ3n) is 3.83. The minimum absolute atomic E-state index is 0.202. The second-order valence-corrected chi connectivity index (χ2v) is 5.00. The molecule has 3 rings (SSSR count). The molecule has 0 spiro atoms. The summed E-state index contributed by atoms with van der Waals surface area (Å²) in [6.45, 7) is 2.00. The highest BCUT2D eigenvalue weighted by Crippen LogP contribution is 2.46. The van der Waals surface area contributed by atoms with Crippen LogP contribution < -0.4 is 10.5 Å². The molecule has 0 fully saturated rings. The van der Waals surface area contributed by atoms with Crippen molar-refractivity contribution in [3.8, 4) is 17.0 Å². The standard InChI is InChI=1S/C15H16N4O2/c1-2-15(6-4-8-20)12-11(9-18-14(16)19-12)10-5-3-7-17-13(10)21-15/h3,5,7-9H,2,4,6H2,1H3,(H2,16,18,19). The van der Waals surface area contributed by atoms with Gasteiger partial charge in [0.15, 0.2) is 5.60 Å². The number of nitrogen functional groups attached to an aromatic ring is 1. The summed E-state index contributed by atoms with van der Waals surface area (Å²) >= 11 is 0. The van der Waals surface area contributed by atoms with Crippen LogP contribution in [0.2, 0.25) is 0 Å². The zero-order chi connectivity index (χ0) is 14.9. The van der Waals surface area contributed by atoms with Crippen LogP contribution in [0.4, 0.5) is 5.95 Å². The molecule has 21 heavy (non-hydrogen) atoms. The van der Waals surface area contributed by atoms with Crippen LogP contribution in [0, 0.1) is 0 Å². The summed E-state index contributed by atoms with van der Waals surface area (Å²) in [7, 11) is 0. The molecule has 0 saturated carbocycles. The molecule has 0 radical (unpaired) electrons. The third kappa shape index (κ3) is 2.12. The quantitative estimate of drug-likeness (QED) is 0.864. The van der Waals surface area contributed by atoms with E-state index in [2.05, 4.69) is 15.0 Å². The second-order valence-electron chi connectivity index (χ2n) is 5.00. The van der Waals surface area contributed by atoms with Crippen molar-refractivity contribution in [1.82, 2.24) is 15.0 Å². The number of anilines is 1. The SMILES string of the molecule is CCC1(CCC=O)Oc2ncccc2-c2cnc(N)nc21. The van der Waals surface area contributed by atoms with Crippen molar-refractivity contribution in [2.45, 2.75) is 31.8 Å². The van der Waals surface area contributed by atoms with Crippen LogP contribution in [0.3, 0.4) is 0 Å². The molecule has 2 N–H and O–H groups in total. The lowest BCUT2D eigenvalue weighted by molar-refractivity contribution is -0.109. The van der Waals surface area contributed by atoms with E-state index < -0.39 is 5.60 Å². The lowest BCUT2D eigenvalue weighted by Gasteiger charge is -2.37. The van der Waals surface area contributed by atoms with Gasteiger partial charge in [0.2, 0.25) is 11.8 Å². The first kappa shape index (κ1) is 13.5. The molecule has 0 saturated heterocycles. The number of ether oxygens (including phenoxy) is 1. The fourth-order valence-electron chi connectivity index (χ4n) is 2.73. The van der Waals surface area contributed by atoms with Gasteiger partial charge >= 0.3 is 0 Å². The molecule has 1 aliphatic rings. The highest BCUT2D eigenvalue weighted by atomic mass is 16.5. The Kier molecular flexibility index (Phi) is 3.29. The zero-order valence-electron chi connectivity index (χ0n) is 11.7. The van der Waals surface area contributed by atoms with Crippen LogP contribution >= 0.6 is 0 Å². The van der Waals surface area contributed by atoms with Crippen LogP contribution in [0.5, 0.6) is 5.88 Å². The van der Waals surface area contributed by atoms with E-state index in [9.17, 15) is 4.79 Å². The van der Waals surface area contributed by atoms with Gasteiger partial charge < -0.3 is 15.3 Å². The van der Waals surface area contributed by atoms with Gasteiger partial charge in [0.05, 0.1) is 5.69 Å². The number of aldehydes is 1. The number of carbonyl (C=O) groups is 1. The normalized spacial score (nSPS) is 19.3. The van der Waals surface area contributed by atoms with Crippen LogP contribution in [0.1, 0.15) is 31.9 Å². The largest absolute Gasteiger partial charge is 0.464 e. The number of nitrogens with zero attached hydrogens (tertiary/aromatic N) is 3. The predicted molar refractivity (Wildman–Crippen MR) is 77.6 cm³/mol. The Morgan fingerprint density at radius 3 is 3.00 bits per heavy atom. The van der Waals surface area contributed by atoms with E-state index in [0.717, 1.165) is 23.1 Å². The first-order valence-electron chi connectivity index (χ1n) is 6.91. The molecule has 6 heteroatoms. The summed E-state index contributed by atoms with van der Waals surface area (Å²) in [6.07, 6.45) is 5.86. The molecule has 0 aliphatic carbocycles. The van der Waals surface area contributed by atoms with E-state index >= 15 is 0 Å². The fourth-order valence-corrected chi connectivity index (χ4v) is 2.73. The van der Waals surface area contributed by atoms with Gasteiger partial charge in [-0.2, -0.15) is 0 Å². The zero-order valence-corrected chi connectivity index (χ0v) is 11.7. The van der Waals surface area contributed by atoms with E-state index in [0.29, 0.717) is 25.1 Å². The Bertz CT molecular complexity index is 689. The number of pyridine rings is 1. The van der Waals surface area contributed by atoms with E-state index in [-0.39, 0.29) is 5.95 Å². The molecular weight excluding hydrogens is 268 g/mol. The Morgan fingerprint density at radius 1 is 1.38 bits per heavy atom. The van der Waals surface area contributed by atoms with Crippen LogP contribution in [-0.4, -0.2) is 21.2 Å². The van der Waals surface area contributed by atoms with Crippen molar-refractivity contribution in [3.05, 3.63) is 30.2 Å². The van der Waals surface area contributed by atoms with Gasteiger partial charge in [-0.05, 0) is 25.0 Å². The number of carbonyl (C=O) groups excluding carboxylic acids is 1. The lowest BCUT2D eigenvalue weighted by atomic mass is 9.84. The van der Waals surface area contributed by atoms with E-state index in [4.69, 9.17) is 10.5 Å². The van der Waals surface area contributed by atoms with Gasteiger partial charge in [0, 0.05) is 29.9 Å². The monoisotopic (exact) mass is 284 g/mol. The molecule has 3 heterocycles. The summed E-state index contributed by atoms with van der Waals surface area (Å²) in [4.78, 5) is 23.6. The average molecular weight is 284 g/mol. The van der Waals surface area contributed by atoms with Crippen LogP contribution in [-0.2, 0) is 10.4 Å². The maximum absolute atomic E-state index is 10.8. The number of hydrogen-bond acceptors (Lipinski definition) is 6. The Hall–Kier alpha value is -2.50. The Labute approximate surface area is 122 Å². The Morgan fingerprint density at radius 2 is 2.24 bits per heavy atom. The smallest absolute Gasteiger partial charge is 0.222 e. The summed E-state index contributed by atoms with van der Waals surface area (Å²) < 4.78 is 6.14. The van der Waals surface area contributed by atoms with Crippen molar-refractivity contribution in [3.63, 3.8) is 0 Å². The fraction of sp³-hybridized carbons (Fsp3) is 0.333. The van der Waals surface area contributed by atoms with Gasteiger partial charge in [0.1, 0.15) is 6.29 Å². The van der Waals surface area contributed by atoms with Gasteiger partial charge in [-0.1, -0.05) is 6.92 Å². The third-order valence-corrected chi connectivity index (χ3v) is 3.83. The van der Waals surface area contributed by atoms with Crippen molar-refractivity contribution < 1.29 is 9.53 Å². The predicted octanol–water partition coefficient (Wildman–Crippen LogP) is 2.10. The summed E-state index contributed by atoms with van der Waals surface area (Å²) in [5.74, 6) is 0.750. The molecule has 108 valence electrons.